The molecule has 1 saturated heterocycles. The number of benzene rings is 1. The van der Waals surface area contributed by atoms with E-state index < -0.39 is 0 Å². The second-order valence-electron chi connectivity index (χ2n) is 4.97. The molecule has 1 aliphatic heterocycles. The minimum absolute atomic E-state index is 0.319. The molecule has 0 saturated carbocycles. The van der Waals surface area contributed by atoms with E-state index in [1.807, 2.05) is 17.5 Å². The molecule has 0 atom stereocenters. The maximum atomic E-state index is 12.4. The summed E-state index contributed by atoms with van der Waals surface area (Å²) in [6.45, 7) is 2.12. The van der Waals surface area contributed by atoms with Crippen molar-refractivity contribution in [3.63, 3.8) is 0 Å². The molecule has 2 heterocycles. The molecular weight excluding hydrogens is 242 g/mol. The summed E-state index contributed by atoms with van der Waals surface area (Å²) in [6, 6.07) is 8.18. The van der Waals surface area contributed by atoms with Crippen LogP contribution in [-0.4, -0.2) is 18.9 Å². The second-order valence-corrected chi connectivity index (χ2v) is 5.88. The Hall–Kier alpha value is -1.19. The van der Waals surface area contributed by atoms with Crippen molar-refractivity contribution in [1.29, 1.82) is 0 Å². The molecule has 3 heteroatoms. The molecule has 1 aliphatic rings. The van der Waals surface area contributed by atoms with Gasteiger partial charge in [-0.05, 0) is 37.9 Å². The number of piperidine rings is 1. The largest absolute Gasteiger partial charge is 0.317 e. The summed E-state index contributed by atoms with van der Waals surface area (Å²) in [5.41, 5.74) is 0.925. The van der Waals surface area contributed by atoms with Gasteiger partial charge in [-0.1, -0.05) is 18.2 Å². The average Bonchev–Trinajstić information content (AvgIpc) is 2.84. The van der Waals surface area contributed by atoms with Crippen LogP contribution in [0.4, 0.5) is 0 Å². The number of fused-ring (bicyclic) bond motifs is 1. The van der Waals surface area contributed by atoms with Crippen molar-refractivity contribution in [2.24, 2.45) is 5.92 Å². The van der Waals surface area contributed by atoms with E-state index in [-0.39, 0.29) is 0 Å². The molecule has 0 unspecified atom stereocenters. The quantitative estimate of drug-likeness (QED) is 0.855. The summed E-state index contributed by atoms with van der Waals surface area (Å²) in [5, 5.41) is 6.49. The van der Waals surface area contributed by atoms with Gasteiger partial charge in [-0.25, -0.2) is 0 Å². The first kappa shape index (κ1) is 11.9. The Bertz CT molecular complexity index is 554. The lowest BCUT2D eigenvalue weighted by atomic mass is 9.90. The van der Waals surface area contributed by atoms with Gasteiger partial charge in [0.15, 0.2) is 5.78 Å². The van der Waals surface area contributed by atoms with Gasteiger partial charge < -0.3 is 5.32 Å². The van der Waals surface area contributed by atoms with Crippen molar-refractivity contribution in [1.82, 2.24) is 5.32 Å². The molecule has 0 radical (unpaired) electrons. The molecule has 2 aromatic rings. The average molecular weight is 259 g/mol. The van der Waals surface area contributed by atoms with Crippen molar-refractivity contribution in [2.45, 2.75) is 19.3 Å². The van der Waals surface area contributed by atoms with Crippen molar-refractivity contribution in [3.05, 3.63) is 35.2 Å². The van der Waals surface area contributed by atoms with Gasteiger partial charge in [0.25, 0.3) is 0 Å². The molecular formula is C15H17NOS. The first-order chi connectivity index (χ1) is 8.84. The fraction of sp³-hybridized carbons (Fsp3) is 0.400. The minimum atomic E-state index is 0.319. The third-order valence-corrected chi connectivity index (χ3v) is 4.68. The van der Waals surface area contributed by atoms with Crippen LogP contribution < -0.4 is 5.32 Å². The van der Waals surface area contributed by atoms with Crippen LogP contribution in [0.3, 0.4) is 0 Å². The van der Waals surface area contributed by atoms with E-state index in [4.69, 9.17) is 0 Å². The van der Waals surface area contributed by atoms with E-state index in [0.717, 1.165) is 36.9 Å². The molecule has 1 aromatic carbocycles. The molecule has 2 nitrogen and oxygen atoms in total. The number of thiophene rings is 1. The first-order valence-electron chi connectivity index (χ1n) is 6.55. The van der Waals surface area contributed by atoms with E-state index in [9.17, 15) is 4.79 Å². The van der Waals surface area contributed by atoms with Crippen molar-refractivity contribution >= 4 is 27.2 Å². The number of carbonyl (C=O) groups is 1. The highest BCUT2D eigenvalue weighted by molar-refractivity contribution is 7.17. The number of carbonyl (C=O) groups excluding carboxylic acids is 1. The standard InChI is InChI=1S/C15H17NOS/c17-14(9-11-5-7-16-8-6-11)13-10-18-15-4-2-1-3-12(13)15/h1-4,10-11,16H,5-9H2. The van der Waals surface area contributed by atoms with Crippen molar-refractivity contribution < 1.29 is 4.79 Å². The predicted molar refractivity (Wildman–Crippen MR) is 76.4 cm³/mol. The van der Waals surface area contributed by atoms with Crippen LogP contribution in [0.1, 0.15) is 29.6 Å². The maximum Gasteiger partial charge on any atom is 0.164 e. The van der Waals surface area contributed by atoms with Gasteiger partial charge in [0.05, 0.1) is 0 Å². The smallest absolute Gasteiger partial charge is 0.164 e. The number of Topliss-reactive ketones (excluding diaryl/α,β-unsaturated/α-hetero) is 1. The Morgan fingerprint density at radius 3 is 2.89 bits per heavy atom. The monoisotopic (exact) mass is 259 g/mol. The van der Waals surface area contributed by atoms with Crippen LogP contribution in [0.25, 0.3) is 10.1 Å². The summed E-state index contributed by atoms with van der Waals surface area (Å²) >= 11 is 1.67. The Kier molecular flexibility index (Phi) is 3.43. The van der Waals surface area contributed by atoms with Crippen LogP contribution >= 0.6 is 11.3 Å². The third-order valence-electron chi connectivity index (χ3n) is 3.71. The van der Waals surface area contributed by atoms with Gasteiger partial charge in [-0.3, -0.25) is 4.79 Å². The second kappa shape index (κ2) is 5.21. The van der Waals surface area contributed by atoms with Gasteiger partial charge in [0.2, 0.25) is 0 Å². The number of ketones is 1. The van der Waals surface area contributed by atoms with Gasteiger partial charge in [0, 0.05) is 27.5 Å². The zero-order valence-corrected chi connectivity index (χ0v) is 11.1. The van der Waals surface area contributed by atoms with E-state index in [1.165, 1.54) is 4.70 Å². The Balaban J connectivity index is 1.79. The lowest BCUT2D eigenvalue weighted by Crippen LogP contribution is -2.28. The Morgan fingerprint density at radius 1 is 1.28 bits per heavy atom. The number of hydrogen-bond acceptors (Lipinski definition) is 3. The minimum Gasteiger partial charge on any atom is -0.317 e. The van der Waals surface area contributed by atoms with Crippen molar-refractivity contribution in [3.8, 4) is 0 Å². The predicted octanol–water partition coefficient (Wildman–Crippen LogP) is 3.47. The van der Waals surface area contributed by atoms with Gasteiger partial charge in [-0.15, -0.1) is 11.3 Å². The first-order valence-corrected chi connectivity index (χ1v) is 7.43. The van der Waals surface area contributed by atoms with Crippen LogP contribution in [0.15, 0.2) is 29.6 Å². The molecule has 0 spiro atoms. The summed E-state index contributed by atoms with van der Waals surface area (Å²) in [4.78, 5) is 12.4. The fourth-order valence-corrected chi connectivity index (χ4v) is 3.62. The summed E-state index contributed by atoms with van der Waals surface area (Å²) in [7, 11) is 0. The van der Waals surface area contributed by atoms with Crippen LogP contribution in [0.2, 0.25) is 0 Å². The van der Waals surface area contributed by atoms with Gasteiger partial charge in [-0.2, -0.15) is 0 Å². The van der Waals surface area contributed by atoms with Crippen molar-refractivity contribution in [2.75, 3.05) is 13.1 Å². The molecule has 0 bridgehead atoms. The number of rotatable bonds is 3. The molecule has 0 amide bonds. The van der Waals surface area contributed by atoms with Gasteiger partial charge in [0.1, 0.15) is 0 Å². The molecule has 1 aromatic heterocycles. The molecule has 1 N–H and O–H groups in total. The van der Waals surface area contributed by atoms with E-state index in [0.29, 0.717) is 18.1 Å². The van der Waals surface area contributed by atoms with E-state index >= 15 is 0 Å². The number of hydrogen-bond donors (Lipinski definition) is 1. The Morgan fingerprint density at radius 2 is 2.06 bits per heavy atom. The normalized spacial score (nSPS) is 17.1. The summed E-state index contributed by atoms with van der Waals surface area (Å²) < 4.78 is 1.21. The summed E-state index contributed by atoms with van der Waals surface area (Å²) in [5.74, 6) is 0.886. The highest BCUT2D eigenvalue weighted by Gasteiger charge is 2.19. The van der Waals surface area contributed by atoms with Crippen LogP contribution in [0, 0.1) is 5.92 Å². The van der Waals surface area contributed by atoms with Crippen LogP contribution in [0.5, 0.6) is 0 Å². The van der Waals surface area contributed by atoms with Crippen LogP contribution in [-0.2, 0) is 0 Å². The maximum absolute atomic E-state index is 12.4. The lowest BCUT2D eigenvalue weighted by Gasteiger charge is -2.21. The molecule has 0 aliphatic carbocycles. The highest BCUT2D eigenvalue weighted by atomic mass is 32.1. The zero-order valence-electron chi connectivity index (χ0n) is 10.3. The van der Waals surface area contributed by atoms with Gasteiger partial charge >= 0.3 is 0 Å². The zero-order chi connectivity index (χ0) is 12.4. The Labute approximate surface area is 111 Å². The highest BCUT2D eigenvalue weighted by Crippen LogP contribution is 2.28. The fourth-order valence-electron chi connectivity index (χ4n) is 2.65. The third kappa shape index (κ3) is 2.33. The molecule has 3 rings (SSSR count). The topological polar surface area (TPSA) is 29.1 Å². The van der Waals surface area contributed by atoms with E-state index in [1.54, 1.807) is 11.3 Å². The molecule has 1 fully saturated rings. The molecule has 18 heavy (non-hydrogen) atoms. The lowest BCUT2D eigenvalue weighted by molar-refractivity contribution is 0.0954. The number of nitrogens with one attached hydrogen (secondary N) is 1. The van der Waals surface area contributed by atoms with E-state index in [2.05, 4.69) is 17.4 Å². The molecule has 94 valence electrons. The SMILES string of the molecule is O=C(CC1CCNCC1)c1csc2ccccc12. The summed E-state index contributed by atoms with van der Waals surface area (Å²) in [6.07, 6.45) is 2.98.